The van der Waals surface area contributed by atoms with Crippen molar-refractivity contribution in [2.45, 2.75) is 12.8 Å². The summed E-state index contributed by atoms with van der Waals surface area (Å²) in [6, 6.07) is 5.79. The van der Waals surface area contributed by atoms with Gasteiger partial charge in [0, 0.05) is 31.1 Å². The predicted molar refractivity (Wildman–Crippen MR) is 65.9 cm³/mol. The third kappa shape index (κ3) is 1.69. The van der Waals surface area contributed by atoms with Crippen molar-refractivity contribution in [3.8, 4) is 0 Å². The highest BCUT2D eigenvalue weighted by atomic mass is 16.2. The molecule has 2 heterocycles. The second kappa shape index (κ2) is 3.87. The van der Waals surface area contributed by atoms with Gasteiger partial charge in [-0.1, -0.05) is 6.07 Å². The fraction of sp³-hybridized carbons (Fsp3) is 0.385. The molecule has 0 atom stereocenters. The first-order valence-electron chi connectivity index (χ1n) is 5.97. The summed E-state index contributed by atoms with van der Waals surface area (Å²) in [6.45, 7) is 1.78. The second-order valence-corrected chi connectivity index (χ2v) is 4.54. The number of aryl methyl sites for hydroxylation is 1. The van der Waals surface area contributed by atoms with Gasteiger partial charge in [-0.05, 0) is 25.0 Å². The molecule has 4 nitrogen and oxygen atoms in total. The zero-order valence-corrected chi connectivity index (χ0v) is 9.89. The molecule has 17 heavy (non-hydrogen) atoms. The average Bonchev–Trinajstić information content (AvgIpc) is 2.98. The van der Waals surface area contributed by atoms with Crippen molar-refractivity contribution < 1.29 is 4.79 Å². The van der Waals surface area contributed by atoms with E-state index in [2.05, 4.69) is 5.10 Å². The van der Waals surface area contributed by atoms with Gasteiger partial charge >= 0.3 is 0 Å². The lowest BCUT2D eigenvalue weighted by Crippen LogP contribution is -2.27. The van der Waals surface area contributed by atoms with E-state index < -0.39 is 0 Å². The summed E-state index contributed by atoms with van der Waals surface area (Å²) in [5, 5.41) is 5.26. The van der Waals surface area contributed by atoms with Crippen molar-refractivity contribution in [2.75, 3.05) is 13.1 Å². The molecule has 1 saturated heterocycles. The number of aromatic nitrogens is 2. The van der Waals surface area contributed by atoms with Crippen molar-refractivity contribution in [1.29, 1.82) is 0 Å². The molecule has 1 aromatic heterocycles. The number of rotatable bonds is 1. The molecule has 1 aliphatic heterocycles. The van der Waals surface area contributed by atoms with Crippen LogP contribution in [0.3, 0.4) is 0 Å². The molecule has 88 valence electrons. The van der Waals surface area contributed by atoms with Gasteiger partial charge in [0.1, 0.15) is 0 Å². The van der Waals surface area contributed by atoms with Crippen LogP contribution in [0.25, 0.3) is 10.9 Å². The number of carbonyl (C=O) groups excluding carboxylic acids is 1. The van der Waals surface area contributed by atoms with Gasteiger partial charge in [0.2, 0.25) is 0 Å². The molecule has 1 aromatic carbocycles. The van der Waals surface area contributed by atoms with Crippen LogP contribution in [0.2, 0.25) is 0 Å². The van der Waals surface area contributed by atoms with Crippen LogP contribution in [0, 0.1) is 0 Å². The minimum Gasteiger partial charge on any atom is -0.339 e. The molecule has 0 radical (unpaired) electrons. The number of nitrogens with zero attached hydrogens (tertiary/aromatic N) is 3. The third-order valence-electron chi connectivity index (χ3n) is 3.39. The van der Waals surface area contributed by atoms with Crippen LogP contribution in [0.4, 0.5) is 0 Å². The van der Waals surface area contributed by atoms with E-state index >= 15 is 0 Å². The molecule has 0 saturated carbocycles. The Balaban J connectivity index is 1.99. The highest BCUT2D eigenvalue weighted by Crippen LogP contribution is 2.18. The van der Waals surface area contributed by atoms with Crippen LogP contribution in [-0.2, 0) is 7.05 Å². The molecule has 4 heteroatoms. The Labute approximate surface area is 99.8 Å². The van der Waals surface area contributed by atoms with E-state index in [1.165, 1.54) is 0 Å². The molecule has 0 aliphatic carbocycles. The lowest BCUT2D eigenvalue weighted by atomic mass is 10.1. The predicted octanol–water partition coefficient (Wildman–Crippen LogP) is 1.81. The van der Waals surface area contributed by atoms with Gasteiger partial charge in [-0.25, -0.2) is 0 Å². The molecular weight excluding hydrogens is 214 g/mol. The number of benzene rings is 1. The Morgan fingerprint density at radius 3 is 2.82 bits per heavy atom. The summed E-state index contributed by atoms with van der Waals surface area (Å²) >= 11 is 0. The lowest BCUT2D eigenvalue weighted by Gasteiger charge is -2.15. The number of carbonyl (C=O) groups is 1. The number of hydrogen-bond donors (Lipinski definition) is 0. The van der Waals surface area contributed by atoms with E-state index in [-0.39, 0.29) is 5.91 Å². The first kappa shape index (κ1) is 10.3. The summed E-state index contributed by atoms with van der Waals surface area (Å²) in [4.78, 5) is 14.1. The summed E-state index contributed by atoms with van der Waals surface area (Å²) < 4.78 is 1.80. The van der Waals surface area contributed by atoms with Gasteiger partial charge in [-0.3, -0.25) is 9.48 Å². The van der Waals surface area contributed by atoms with Gasteiger partial charge in [0.25, 0.3) is 5.91 Å². The van der Waals surface area contributed by atoms with Crippen molar-refractivity contribution in [3.05, 3.63) is 30.0 Å². The summed E-state index contributed by atoms with van der Waals surface area (Å²) in [5.74, 6) is 0.144. The molecule has 2 aromatic rings. The molecule has 1 fully saturated rings. The Kier molecular flexibility index (Phi) is 2.35. The van der Waals surface area contributed by atoms with E-state index in [0.29, 0.717) is 0 Å². The van der Waals surface area contributed by atoms with Crippen LogP contribution >= 0.6 is 0 Å². The number of hydrogen-bond acceptors (Lipinski definition) is 2. The molecule has 3 rings (SSSR count). The van der Waals surface area contributed by atoms with Gasteiger partial charge in [0.15, 0.2) is 0 Å². The fourth-order valence-electron chi connectivity index (χ4n) is 2.38. The van der Waals surface area contributed by atoms with Crippen molar-refractivity contribution >= 4 is 16.8 Å². The highest BCUT2D eigenvalue weighted by Gasteiger charge is 2.19. The Morgan fingerprint density at radius 1 is 1.29 bits per heavy atom. The molecule has 0 N–H and O–H groups in total. The van der Waals surface area contributed by atoms with E-state index in [4.69, 9.17) is 0 Å². The fourth-order valence-corrected chi connectivity index (χ4v) is 2.38. The molecular formula is C13H15N3O. The second-order valence-electron chi connectivity index (χ2n) is 4.54. The summed E-state index contributed by atoms with van der Waals surface area (Å²) in [5.41, 5.74) is 1.78. The average molecular weight is 229 g/mol. The zero-order chi connectivity index (χ0) is 11.8. The minimum atomic E-state index is 0.144. The van der Waals surface area contributed by atoms with E-state index in [0.717, 1.165) is 42.4 Å². The Bertz CT molecular complexity index is 567. The van der Waals surface area contributed by atoms with E-state index in [1.54, 1.807) is 4.68 Å². The Morgan fingerprint density at radius 2 is 2.06 bits per heavy atom. The zero-order valence-electron chi connectivity index (χ0n) is 9.89. The van der Waals surface area contributed by atoms with Gasteiger partial charge in [-0.2, -0.15) is 5.10 Å². The third-order valence-corrected chi connectivity index (χ3v) is 3.39. The van der Waals surface area contributed by atoms with Gasteiger partial charge < -0.3 is 4.90 Å². The first-order valence-corrected chi connectivity index (χ1v) is 5.97. The van der Waals surface area contributed by atoms with Crippen molar-refractivity contribution in [1.82, 2.24) is 14.7 Å². The van der Waals surface area contributed by atoms with Crippen LogP contribution in [0.5, 0.6) is 0 Å². The first-order chi connectivity index (χ1) is 8.25. The standard InChI is InChI=1S/C13H15N3O/c1-15-12-8-10(4-5-11(12)9-14-15)13(17)16-6-2-3-7-16/h4-5,8-9H,2-3,6-7H2,1H3. The SMILES string of the molecule is Cn1ncc2ccc(C(=O)N3CCCC3)cc21. The molecule has 0 bridgehead atoms. The normalized spacial score (nSPS) is 15.7. The monoisotopic (exact) mass is 229 g/mol. The van der Waals surface area contributed by atoms with Gasteiger partial charge in [0.05, 0.1) is 11.7 Å². The van der Waals surface area contributed by atoms with E-state index in [1.807, 2.05) is 36.3 Å². The van der Waals surface area contributed by atoms with Crippen molar-refractivity contribution in [3.63, 3.8) is 0 Å². The van der Waals surface area contributed by atoms with Crippen LogP contribution in [0.15, 0.2) is 24.4 Å². The van der Waals surface area contributed by atoms with Gasteiger partial charge in [-0.15, -0.1) is 0 Å². The largest absolute Gasteiger partial charge is 0.339 e. The minimum absolute atomic E-state index is 0.144. The maximum atomic E-state index is 12.2. The molecule has 1 aliphatic rings. The smallest absolute Gasteiger partial charge is 0.253 e. The highest BCUT2D eigenvalue weighted by molar-refractivity contribution is 5.97. The molecule has 0 unspecified atom stereocenters. The molecule has 0 spiro atoms. The number of amides is 1. The van der Waals surface area contributed by atoms with Crippen LogP contribution in [0.1, 0.15) is 23.2 Å². The van der Waals surface area contributed by atoms with Crippen molar-refractivity contribution in [2.24, 2.45) is 7.05 Å². The van der Waals surface area contributed by atoms with Crippen LogP contribution < -0.4 is 0 Å². The maximum Gasteiger partial charge on any atom is 0.253 e. The summed E-state index contributed by atoms with van der Waals surface area (Å²) in [7, 11) is 1.90. The van der Waals surface area contributed by atoms with E-state index in [9.17, 15) is 4.79 Å². The topological polar surface area (TPSA) is 38.1 Å². The summed E-state index contributed by atoms with van der Waals surface area (Å²) in [6.07, 6.45) is 4.07. The number of likely N-dealkylation sites (tertiary alicyclic amines) is 1. The molecule has 1 amide bonds. The Hall–Kier alpha value is -1.84. The number of fused-ring (bicyclic) bond motifs is 1. The maximum absolute atomic E-state index is 12.2. The quantitative estimate of drug-likeness (QED) is 0.748. The van der Waals surface area contributed by atoms with Crippen LogP contribution in [-0.4, -0.2) is 33.7 Å². The lowest BCUT2D eigenvalue weighted by molar-refractivity contribution is 0.0793.